The van der Waals surface area contributed by atoms with Gasteiger partial charge in [-0.25, -0.2) is 19.4 Å². The molecule has 0 spiro atoms. The van der Waals surface area contributed by atoms with Crippen LogP contribution in [0, 0.1) is 5.82 Å². The maximum absolute atomic E-state index is 14.1. The van der Waals surface area contributed by atoms with E-state index < -0.39 is 34.9 Å². The quantitative estimate of drug-likeness (QED) is 0.536. The molecule has 0 bridgehead atoms. The first-order valence-corrected chi connectivity index (χ1v) is 11.7. The van der Waals surface area contributed by atoms with Crippen LogP contribution in [0.25, 0.3) is 6.08 Å². The lowest BCUT2D eigenvalue weighted by molar-refractivity contribution is -0.144. The number of nitrogens with one attached hydrogen (secondary N) is 2. The maximum atomic E-state index is 14.1. The van der Waals surface area contributed by atoms with E-state index in [0.717, 1.165) is 25.9 Å². The van der Waals surface area contributed by atoms with Crippen molar-refractivity contribution in [1.82, 2.24) is 15.8 Å². The van der Waals surface area contributed by atoms with Gasteiger partial charge in [0.15, 0.2) is 5.17 Å². The topological polar surface area (TPSA) is 120 Å². The minimum absolute atomic E-state index is 0.237. The highest BCUT2D eigenvalue weighted by Crippen LogP contribution is 2.32. The number of hydrogen-bond donors (Lipinski definition) is 3. The van der Waals surface area contributed by atoms with E-state index >= 15 is 0 Å². The van der Waals surface area contributed by atoms with Crippen molar-refractivity contribution < 1.29 is 28.6 Å². The van der Waals surface area contributed by atoms with E-state index in [-0.39, 0.29) is 6.42 Å². The molecule has 0 aromatic heterocycles. The van der Waals surface area contributed by atoms with Gasteiger partial charge < -0.3 is 15.2 Å². The van der Waals surface area contributed by atoms with Crippen LogP contribution in [0.15, 0.2) is 28.1 Å². The van der Waals surface area contributed by atoms with Crippen LogP contribution in [0.1, 0.15) is 51.7 Å². The molecule has 1 saturated heterocycles. The molecule has 2 amide bonds. The summed E-state index contributed by atoms with van der Waals surface area (Å²) in [5.74, 6) is -2.30. The number of ether oxygens (including phenoxy) is 1. The predicted molar refractivity (Wildman–Crippen MR) is 127 cm³/mol. The van der Waals surface area contributed by atoms with Gasteiger partial charge in [0.2, 0.25) is 0 Å². The third-order valence-corrected chi connectivity index (χ3v) is 6.14. The van der Waals surface area contributed by atoms with E-state index in [1.165, 1.54) is 36.9 Å². The zero-order chi connectivity index (χ0) is 25.1. The molecule has 3 N–H and O–H groups in total. The molecule has 184 valence electrons. The monoisotopic (exact) mass is 492 g/mol. The van der Waals surface area contributed by atoms with Crippen molar-refractivity contribution >= 4 is 41.0 Å². The number of thioether (sulfide) groups is 1. The number of amides is 2. The normalized spacial score (nSPS) is 19.6. The van der Waals surface area contributed by atoms with E-state index in [4.69, 9.17) is 4.74 Å². The molecule has 11 heteroatoms. The summed E-state index contributed by atoms with van der Waals surface area (Å²) in [5.41, 5.74) is 1.36. The molecule has 2 heterocycles. The number of rotatable bonds is 5. The van der Waals surface area contributed by atoms with Gasteiger partial charge in [0, 0.05) is 19.5 Å². The summed E-state index contributed by atoms with van der Waals surface area (Å²) in [7, 11) is 0. The fraction of sp³-hybridized carbons (Fsp3) is 0.478. The van der Waals surface area contributed by atoms with Crippen molar-refractivity contribution in [1.29, 1.82) is 0 Å². The van der Waals surface area contributed by atoms with Crippen LogP contribution in [-0.4, -0.2) is 57.5 Å². The van der Waals surface area contributed by atoms with Crippen LogP contribution in [0.3, 0.4) is 0 Å². The number of aliphatic carboxylic acids is 1. The van der Waals surface area contributed by atoms with Gasteiger partial charge in [0.05, 0.1) is 4.91 Å². The summed E-state index contributed by atoms with van der Waals surface area (Å²) in [6, 6.07) is 3.90. The summed E-state index contributed by atoms with van der Waals surface area (Å²) in [5, 5.41) is 14.6. The Labute approximate surface area is 201 Å². The number of alkyl carbamates (subject to hydrolysis) is 1. The van der Waals surface area contributed by atoms with Crippen molar-refractivity contribution in [2.45, 2.75) is 58.1 Å². The Kier molecular flexibility index (Phi) is 7.67. The number of amidine groups is 1. The average Bonchev–Trinajstić information content (AvgIpc) is 3.09. The number of carboxylic acids is 1. The van der Waals surface area contributed by atoms with E-state index in [9.17, 15) is 23.9 Å². The minimum atomic E-state index is -1.78. The average molecular weight is 493 g/mol. The van der Waals surface area contributed by atoms with Gasteiger partial charge in [-0.2, -0.15) is 4.99 Å². The second-order valence-corrected chi connectivity index (χ2v) is 10.4. The van der Waals surface area contributed by atoms with Crippen molar-refractivity contribution in [3.63, 3.8) is 0 Å². The molecule has 1 aromatic rings. The number of aliphatic imine (C=N–C) groups is 1. The first kappa shape index (κ1) is 25.7. The Balaban J connectivity index is 1.85. The molecule has 3 rings (SSSR count). The Bertz CT molecular complexity index is 1050. The summed E-state index contributed by atoms with van der Waals surface area (Å²) >= 11 is 1.20. The van der Waals surface area contributed by atoms with Crippen molar-refractivity contribution in [3.05, 3.63) is 40.0 Å². The molecular formula is C23H29FN4O5S. The largest absolute Gasteiger partial charge is 0.480 e. The maximum Gasteiger partial charge on any atom is 0.408 e. The smallest absolute Gasteiger partial charge is 0.408 e. The molecule has 2 aliphatic rings. The third-order valence-electron chi connectivity index (χ3n) is 5.14. The molecule has 34 heavy (non-hydrogen) atoms. The van der Waals surface area contributed by atoms with Gasteiger partial charge >= 0.3 is 12.1 Å². The van der Waals surface area contributed by atoms with Gasteiger partial charge in [-0.3, -0.25) is 9.80 Å². The van der Waals surface area contributed by atoms with Gasteiger partial charge in [-0.05, 0) is 81.6 Å². The zero-order valence-electron chi connectivity index (χ0n) is 19.6. The summed E-state index contributed by atoms with van der Waals surface area (Å²) in [6.07, 6.45) is 2.46. The molecule has 1 unspecified atom stereocenters. The minimum Gasteiger partial charge on any atom is -0.480 e. The van der Waals surface area contributed by atoms with Crippen LogP contribution >= 0.6 is 11.8 Å². The van der Waals surface area contributed by atoms with E-state index in [2.05, 4.69) is 15.7 Å². The lowest BCUT2D eigenvalue weighted by Crippen LogP contribution is -2.55. The number of hydrogen-bond acceptors (Lipinski definition) is 7. The molecule has 0 saturated carbocycles. The Morgan fingerprint density at radius 3 is 2.68 bits per heavy atom. The number of hydrazine groups is 1. The summed E-state index contributed by atoms with van der Waals surface area (Å²) in [4.78, 5) is 41.3. The van der Waals surface area contributed by atoms with Crippen LogP contribution < -0.4 is 10.7 Å². The van der Waals surface area contributed by atoms with E-state index in [1.54, 1.807) is 26.8 Å². The number of halogens is 1. The Hall–Kier alpha value is -2.92. The van der Waals surface area contributed by atoms with Crippen LogP contribution in [0.2, 0.25) is 0 Å². The van der Waals surface area contributed by atoms with E-state index in [1.807, 2.05) is 5.01 Å². The Morgan fingerprint density at radius 1 is 1.32 bits per heavy atom. The molecule has 1 aromatic carbocycles. The van der Waals surface area contributed by atoms with Crippen molar-refractivity contribution in [2.24, 2.45) is 4.99 Å². The van der Waals surface area contributed by atoms with Crippen LogP contribution in [0.5, 0.6) is 0 Å². The van der Waals surface area contributed by atoms with Crippen molar-refractivity contribution in [3.8, 4) is 0 Å². The first-order valence-electron chi connectivity index (χ1n) is 10.9. The lowest BCUT2D eigenvalue weighted by atomic mass is 9.90. The van der Waals surface area contributed by atoms with Crippen LogP contribution in [0.4, 0.5) is 9.18 Å². The highest BCUT2D eigenvalue weighted by molar-refractivity contribution is 8.18. The molecule has 9 nitrogen and oxygen atoms in total. The third kappa shape index (κ3) is 6.57. The van der Waals surface area contributed by atoms with Gasteiger partial charge in [-0.15, -0.1) is 0 Å². The number of nitrogens with zero attached hydrogens (tertiary/aromatic N) is 2. The highest BCUT2D eigenvalue weighted by atomic mass is 32.2. The molecule has 0 radical (unpaired) electrons. The van der Waals surface area contributed by atoms with E-state index in [0.29, 0.717) is 21.2 Å². The molecule has 1 atom stereocenters. The van der Waals surface area contributed by atoms with Crippen LogP contribution in [-0.2, 0) is 20.7 Å². The molecule has 0 aliphatic carbocycles. The molecule has 1 fully saturated rings. The predicted octanol–water partition coefficient (Wildman–Crippen LogP) is 3.31. The summed E-state index contributed by atoms with van der Waals surface area (Å²) < 4.78 is 19.3. The number of carboxylic acid groups (broad SMARTS) is 1. The second kappa shape index (κ2) is 10.1. The van der Waals surface area contributed by atoms with Gasteiger partial charge in [0.25, 0.3) is 5.91 Å². The fourth-order valence-electron chi connectivity index (χ4n) is 3.46. The number of benzene rings is 1. The lowest BCUT2D eigenvalue weighted by Gasteiger charge is -2.29. The zero-order valence-corrected chi connectivity index (χ0v) is 20.4. The summed E-state index contributed by atoms with van der Waals surface area (Å²) in [6.45, 7) is 7.84. The van der Waals surface area contributed by atoms with Crippen molar-refractivity contribution in [2.75, 3.05) is 13.1 Å². The van der Waals surface area contributed by atoms with Gasteiger partial charge in [-0.1, -0.05) is 6.07 Å². The first-order chi connectivity index (χ1) is 15.9. The fourth-order valence-corrected chi connectivity index (χ4v) is 4.37. The SMILES string of the molecule is CC(C)(C)OC(=O)NC(C)(Cc1cc(F)ccc1C=C1SC(N2CCCCN2)=NC1=O)C(=O)O. The standard InChI is InChI=1S/C23H29FN4O5S/c1-22(2,3)33-21(32)27-23(4,19(30)31)13-15-11-16(24)8-7-14(15)12-17-18(29)26-20(34-17)28-10-6-5-9-25-28/h7-8,11-12,25H,5-6,9-10,13H2,1-4H3,(H,27,32)(H,30,31). The van der Waals surface area contributed by atoms with Gasteiger partial charge in [0.1, 0.15) is 17.0 Å². The number of carbonyl (C=O) groups is 3. The molecular weight excluding hydrogens is 463 g/mol. The molecule has 2 aliphatic heterocycles. The number of carbonyl (C=O) groups excluding carboxylic acids is 2. The second-order valence-electron chi connectivity index (χ2n) is 9.36. The Morgan fingerprint density at radius 2 is 2.06 bits per heavy atom. The highest BCUT2D eigenvalue weighted by Gasteiger charge is 2.37.